The van der Waals surface area contributed by atoms with Gasteiger partial charge < -0.3 is 14.8 Å². The normalized spacial score (nSPS) is 10.3. The summed E-state index contributed by atoms with van der Waals surface area (Å²) in [6.45, 7) is 5.28. The summed E-state index contributed by atoms with van der Waals surface area (Å²) >= 11 is 6.12. The Morgan fingerprint density at radius 2 is 1.95 bits per heavy atom. The molecule has 2 aromatic rings. The van der Waals surface area contributed by atoms with Crippen molar-refractivity contribution in [3.63, 3.8) is 0 Å². The maximum absolute atomic E-state index is 6.12. The van der Waals surface area contributed by atoms with Gasteiger partial charge in [0.1, 0.15) is 0 Å². The maximum atomic E-state index is 6.12. The van der Waals surface area contributed by atoms with Crippen molar-refractivity contribution in [1.82, 2.24) is 0 Å². The van der Waals surface area contributed by atoms with Crippen LogP contribution in [0.5, 0.6) is 11.5 Å². The van der Waals surface area contributed by atoms with Crippen molar-refractivity contribution in [2.24, 2.45) is 0 Å². The predicted octanol–water partition coefficient (Wildman–Crippen LogP) is 4.67. The van der Waals surface area contributed by atoms with Gasteiger partial charge in [0.15, 0.2) is 11.5 Å². The molecule has 0 heterocycles. The summed E-state index contributed by atoms with van der Waals surface area (Å²) in [4.78, 5) is 0. The molecule has 0 aliphatic rings. The van der Waals surface area contributed by atoms with Crippen molar-refractivity contribution in [3.8, 4) is 11.5 Å². The largest absolute Gasteiger partial charge is 0.493 e. The molecule has 21 heavy (non-hydrogen) atoms. The smallest absolute Gasteiger partial charge is 0.161 e. The summed E-state index contributed by atoms with van der Waals surface area (Å²) in [5.74, 6) is 1.52. The summed E-state index contributed by atoms with van der Waals surface area (Å²) in [5, 5.41) is 4.16. The van der Waals surface area contributed by atoms with Crippen molar-refractivity contribution < 1.29 is 9.47 Å². The second kappa shape index (κ2) is 7.23. The summed E-state index contributed by atoms with van der Waals surface area (Å²) in [7, 11) is 1.65. The van der Waals surface area contributed by atoms with Gasteiger partial charge in [-0.2, -0.15) is 0 Å². The highest BCUT2D eigenvalue weighted by Crippen LogP contribution is 2.29. The number of hydrogen-bond acceptors (Lipinski definition) is 3. The molecule has 0 aromatic heterocycles. The quantitative estimate of drug-likeness (QED) is 0.841. The van der Waals surface area contributed by atoms with Gasteiger partial charge in [0.25, 0.3) is 0 Å². The molecular formula is C17H20ClNO2. The standard InChI is InChI=1S/C17H20ClNO2/c1-4-21-16-9-8-13(10-17(16)20-3)11-19-15-7-5-6-14(18)12(15)2/h5-10,19H,4,11H2,1-3H3. The van der Waals surface area contributed by atoms with E-state index in [1.54, 1.807) is 7.11 Å². The molecule has 0 unspecified atom stereocenters. The molecule has 0 saturated carbocycles. The summed E-state index contributed by atoms with van der Waals surface area (Å²) < 4.78 is 10.9. The van der Waals surface area contributed by atoms with E-state index in [4.69, 9.17) is 21.1 Å². The third-order valence-electron chi connectivity index (χ3n) is 3.28. The van der Waals surface area contributed by atoms with Crippen LogP contribution < -0.4 is 14.8 Å². The van der Waals surface area contributed by atoms with Crippen LogP contribution in [0.1, 0.15) is 18.1 Å². The Hall–Kier alpha value is -1.87. The molecule has 1 N–H and O–H groups in total. The fourth-order valence-corrected chi connectivity index (χ4v) is 2.27. The summed E-state index contributed by atoms with van der Waals surface area (Å²) in [6.07, 6.45) is 0. The first kappa shape index (κ1) is 15.5. The Labute approximate surface area is 130 Å². The van der Waals surface area contributed by atoms with Gasteiger partial charge in [-0.1, -0.05) is 23.7 Å². The molecule has 4 heteroatoms. The minimum Gasteiger partial charge on any atom is -0.493 e. The van der Waals surface area contributed by atoms with Crippen molar-refractivity contribution in [3.05, 3.63) is 52.5 Å². The average molecular weight is 306 g/mol. The van der Waals surface area contributed by atoms with Crippen molar-refractivity contribution in [2.75, 3.05) is 19.0 Å². The highest BCUT2D eigenvalue weighted by molar-refractivity contribution is 6.31. The summed E-state index contributed by atoms with van der Waals surface area (Å²) in [6, 6.07) is 11.8. The van der Waals surface area contributed by atoms with E-state index < -0.39 is 0 Å². The van der Waals surface area contributed by atoms with Gasteiger partial charge in [-0.05, 0) is 49.2 Å². The van der Waals surface area contributed by atoms with E-state index >= 15 is 0 Å². The predicted molar refractivity (Wildman–Crippen MR) is 87.7 cm³/mol. The van der Waals surface area contributed by atoms with Crippen LogP contribution in [0, 0.1) is 6.92 Å². The van der Waals surface area contributed by atoms with Crippen LogP contribution in [0.2, 0.25) is 5.02 Å². The number of halogens is 1. The number of methoxy groups -OCH3 is 1. The lowest BCUT2D eigenvalue weighted by atomic mass is 10.1. The van der Waals surface area contributed by atoms with Gasteiger partial charge >= 0.3 is 0 Å². The number of ether oxygens (including phenoxy) is 2. The molecule has 3 nitrogen and oxygen atoms in total. The van der Waals surface area contributed by atoms with Gasteiger partial charge in [-0.3, -0.25) is 0 Å². The van der Waals surface area contributed by atoms with Crippen LogP contribution in [0.4, 0.5) is 5.69 Å². The molecular weight excluding hydrogens is 286 g/mol. The summed E-state index contributed by atoms with van der Waals surface area (Å²) in [5.41, 5.74) is 3.21. The van der Waals surface area contributed by atoms with E-state index in [0.29, 0.717) is 13.2 Å². The molecule has 0 atom stereocenters. The zero-order valence-corrected chi connectivity index (χ0v) is 13.3. The van der Waals surface area contributed by atoms with Gasteiger partial charge in [0, 0.05) is 17.3 Å². The third kappa shape index (κ3) is 3.82. The molecule has 2 rings (SSSR count). The van der Waals surface area contributed by atoms with Gasteiger partial charge in [0.05, 0.1) is 13.7 Å². The second-order valence-corrected chi connectivity index (χ2v) is 5.09. The molecule has 0 radical (unpaired) electrons. The molecule has 0 bridgehead atoms. The fourth-order valence-electron chi connectivity index (χ4n) is 2.09. The molecule has 0 aliphatic heterocycles. The van der Waals surface area contributed by atoms with Crippen LogP contribution in [-0.4, -0.2) is 13.7 Å². The zero-order chi connectivity index (χ0) is 15.2. The Morgan fingerprint density at radius 3 is 2.67 bits per heavy atom. The van der Waals surface area contributed by atoms with Gasteiger partial charge in [-0.15, -0.1) is 0 Å². The zero-order valence-electron chi connectivity index (χ0n) is 12.6. The van der Waals surface area contributed by atoms with Crippen LogP contribution in [0.25, 0.3) is 0 Å². The van der Waals surface area contributed by atoms with E-state index in [1.807, 2.05) is 50.2 Å². The average Bonchev–Trinajstić information content (AvgIpc) is 2.50. The highest BCUT2D eigenvalue weighted by atomic mass is 35.5. The van der Waals surface area contributed by atoms with E-state index in [9.17, 15) is 0 Å². The van der Waals surface area contributed by atoms with Crippen LogP contribution >= 0.6 is 11.6 Å². The van der Waals surface area contributed by atoms with Crippen molar-refractivity contribution in [2.45, 2.75) is 20.4 Å². The van der Waals surface area contributed by atoms with Crippen molar-refractivity contribution in [1.29, 1.82) is 0 Å². The monoisotopic (exact) mass is 305 g/mol. The van der Waals surface area contributed by atoms with Crippen LogP contribution in [0.3, 0.4) is 0 Å². The molecule has 0 spiro atoms. The minimum absolute atomic E-state index is 0.621. The number of benzene rings is 2. The SMILES string of the molecule is CCOc1ccc(CNc2cccc(Cl)c2C)cc1OC. The first-order chi connectivity index (χ1) is 10.2. The molecule has 0 saturated heterocycles. The minimum atomic E-state index is 0.621. The molecule has 0 amide bonds. The Balaban J connectivity index is 2.11. The lowest BCUT2D eigenvalue weighted by molar-refractivity contribution is 0.310. The molecule has 0 aliphatic carbocycles. The number of nitrogens with one attached hydrogen (secondary N) is 1. The van der Waals surface area contributed by atoms with E-state index in [0.717, 1.165) is 33.3 Å². The Kier molecular flexibility index (Phi) is 5.34. The third-order valence-corrected chi connectivity index (χ3v) is 3.69. The number of hydrogen-bond donors (Lipinski definition) is 1. The number of anilines is 1. The van der Waals surface area contributed by atoms with Crippen molar-refractivity contribution >= 4 is 17.3 Å². The highest BCUT2D eigenvalue weighted by Gasteiger charge is 2.06. The van der Waals surface area contributed by atoms with E-state index in [1.165, 1.54) is 0 Å². The molecule has 2 aromatic carbocycles. The van der Waals surface area contributed by atoms with E-state index in [-0.39, 0.29) is 0 Å². The van der Waals surface area contributed by atoms with E-state index in [2.05, 4.69) is 5.32 Å². The second-order valence-electron chi connectivity index (χ2n) is 4.68. The lowest BCUT2D eigenvalue weighted by Gasteiger charge is -2.13. The first-order valence-corrected chi connectivity index (χ1v) is 7.32. The molecule has 112 valence electrons. The fraction of sp³-hybridized carbons (Fsp3) is 0.294. The number of rotatable bonds is 6. The van der Waals surface area contributed by atoms with Gasteiger partial charge in [-0.25, -0.2) is 0 Å². The maximum Gasteiger partial charge on any atom is 0.161 e. The Bertz CT molecular complexity index is 614. The van der Waals surface area contributed by atoms with Gasteiger partial charge in [0.2, 0.25) is 0 Å². The molecule has 0 fully saturated rings. The topological polar surface area (TPSA) is 30.5 Å². The van der Waals surface area contributed by atoms with Crippen LogP contribution in [-0.2, 0) is 6.54 Å². The lowest BCUT2D eigenvalue weighted by Crippen LogP contribution is -2.02. The van der Waals surface area contributed by atoms with Crippen LogP contribution in [0.15, 0.2) is 36.4 Å². The first-order valence-electron chi connectivity index (χ1n) is 6.94. The Morgan fingerprint density at radius 1 is 1.14 bits per heavy atom.